The lowest BCUT2D eigenvalue weighted by molar-refractivity contribution is 0.114. The van der Waals surface area contributed by atoms with Gasteiger partial charge in [-0.25, -0.2) is 0 Å². The maximum Gasteiger partial charge on any atom is 0.00980 e. The molecule has 2 unspecified atom stereocenters. The van der Waals surface area contributed by atoms with Crippen LogP contribution in [0.1, 0.15) is 46.5 Å². The van der Waals surface area contributed by atoms with Crippen molar-refractivity contribution in [2.45, 2.75) is 58.5 Å². The van der Waals surface area contributed by atoms with E-state index in [1.807, 2.05) is 0 Å². The van der Waals surface area contributed by atoms with E-state index in [0.717, 1.165) is 17.9 Å². The van der Waals surface area contributed by atoms with E-state index in [1.165, 1.54) is 45.3 Å². The second-order valence-electron chi connectivity index (χ2n) is 6.08. The van der Waals surface area contributed by atoms with Gasteiger partial charge in [0.25, 0.3) is 0 Å². The summed E-state index contributed by atoms with van der Waals surface area (Å²) in [4.78, 5) is 2.75. The van der Waals surface area contributed by atoms with Gasteiger partial charge >= 0.3 is 0 Å². The van der Waals surface area contributed by atoms with Gasteiger partial charge < -0.3 is 5.32 Å². The molecular formula is C14H28N2. The van der Waals surface area contributed by atoms with Crippen LogP contribution in [0.4, 0.5) is 0 Å². The number of hydrogen-bond donors (Lipinski definition) is 1. The first-order chi connectivity index (χ1) is 7.68. The van der Waals surface area contributed by atoms with E-state index >= 15 is 0 Å². The lowest BCUT2D eigenvalue weighted by Gasteiger charge is -2.37. The Labute approximate surface area is 101 Å². The fourth-order valence-corrected chi connectivity index (χ4v) is 3.07. The Morgan fingerprint density at radius 1 is 1.19 bits per heavy atom. The molecule has 0 aromatic heterocycles. The van der Waals surface area contributed by atoms with Crippen LogP contribution in [0, 0.1) is 11.8 Å². The predicted octanol–water partition coefficient (Wildman–Crippen LogP) is 2.49. The first-order valence-corrected chi connectivity index (χ1v) is 7.15. The molecule has 1 saturated heterocycles. The molecule has 1 aliphatic heterocycles. The van der Waals surface area contributed by atoms with Crippen molar-refractivity contribution in [1.29, 1.82) is 0 Å². The summed E-state index contributed by atoms with van der Waals surface area (Å²) >= 11 is 0. The minimum Gasteiger partial charge on any atom is -0.316 e. The van der Waals surface area contributed by atoms with Gasteiger partial charge in [0.2, 0.25) is 0 Å². The topological polar surface area (TPSA) is 15.3 Å². The normalized spacial score (nSPS) is 28.7. The van der Waals surface area contributed by atoms with Crippen molar-refractivity contribution in [2.24, 2.45) is 11.8 Å². The van der Waals surface area contributed by atoms with Gasteiger partial charge in [-0.15, -0.1) is 0 Å². The lowest BCUT2D eigenvalue weighted by atomic mass is 9.97. The number of nitrogens with one attached hydrogen (secondary N) is 1. The number of piperidine rings is 1. The molecule has 1 N–H and O–H groups in total. The summed E-state index contributed by atoms with van der Waals surface area (Å²) in [6, 6.07) is 1.51. The summed E-state index contributed by atoms with van der Waals surface area (Å²) < 4.78 is 0. The third-order valence-corrected chi connectivity index (χ3v) is 4.36. The Morgan fingerprint density at radius 2 is 1.94 bits per heavy atom. The zero-order chi connectivity index (χ0) is 11.5. The summed E-state index contributed by atoms with van der Waals surface area (Å²) in [6.07, 6.45) is 5.72. The van der Waals surface area contributed by atoms with E-state index in [0.29, 0.717) is 6.04 Å². The van der Waals surface area contributed by atoms with Gasteiger partial charge in [0.05, 0.1) is 0 Å². The predicted molar refractivity (Wildman–Crippen MR) is 69.6 cm³/mol. The van der Waals surface area contributed by atoms with Crippen LogP contribution < -0.4 is 5.32 Å². The molecule has 2 nitrogen and oxygen atoms in total. The third kappa shape index (κ3) is 3.21. The molecular weight excluding hydrogens is 196 g/mol. The van der Waals surface area contributed by atoms with Crippen LogP contribution in [0.15, 0.2) is 0 Å². The molecule has 2 atom stereocenters. The Kier molecular flexibility index (Phi) is 4.26. The van der Waals surface area contributed by atoms with Crippen LogP contribution in [0.25, 0.3) is 0 Å². The minimum absolute atomic E-state index is 0.706. The van der Waals surface area contributed by atoms with E-state index in [9.17, 15) is 0 Å². The average Bonchev–Trinajstić information content (AvgIpc) is 3.10. The number of nitrogens with zero attached hydrogens (tertiary/aromatic N) is 1. The molecule has 0 radical (unpaired) electrons. The van der Waals surface area contributed by atoms with Crippen molar-refractivity contribution in [3.8, 4) is 0 Å². The van der Waals surface area contributed by atoms with Gasteiger partial charge in [0.15, 0.2) is 0 Å². The highest BCUT2D eigenvalue weighted by Gasteiger charge is 2.33. The molecule has 0 aromatic carbocycles. The smallest absolute Gasteiger partial charge is 0.00980 e. The molecule has 16 heavy (non-hydrogen) atoms. The average molecular weight is 224 g/mol. The van der Waals surface area contributed by atoms with Gasteiger partial charge in [-0.3, -0.25) is 4.90 Å². The first kappa shape index (κ1) is 12.4. The molecule has 0 bridgehead atoms. The monoisotopic (exact) mass is 224 g/mol. The SMILES string of the molecule is CC(C)N(CC1CCCNC1)C(C)C1CC1. The molecule has 0 spiro atoms. The maximum atomic E-state index is 3.54. The van der Waals surface area contributed by atoms with Crippen molar-refractivity contribution in [3.63, 3.8) is 0 Å². The summed E-state index contributed by atoms with van der Waals surface area (Å²) in [7, 11) is 0. The second-order valence-corrected chi connectivity index (χ2v) is 6.08. The van der Waals surface area contributed by atoms with E-state index in [1.54, 1.807) is 0 Å². The zero-order valence-corrected chi connectivity index (χ0v) is 11.2. The fourth-order valence-electron chi connectivity index (χ4n) is 3.07. The summed E-state index contributed by atoms with van der Waals surface area (Å²) in [5, 5.41) is 3.54. The molecule has 94 valence electrons. The third-order valence-electron chi connectivity index (χ3n) is 4.36. The van der Waals surface area contributed by atoms with Gasteiger partial charge in [0.1, 0.15) is 0 Å². The molecule has 2 fully saturated rings. The van der Waals surface area contributed by atoms with Crippen molar-refractivity contribution in [2.75, 3.05) is 19.6 Å². The van der Waals surface area contributed by atoms with Crippen LogP contribution in [0.5, 0.6) is 0 Å². The van der Waals surface area contributed by atoms with Crippen LogP contribution in [-0.2, 0) is 0 Å². The van der Waals surface area contributed by atoms with E-state index in [-0.39, 0.29) is 0 Å². The molecule has 2 heteroatoms. The van der Waals surface area contributed by atoms with Crippen molar-refractivity contribution >= 4 is 0 Å². The molecule has 1 saturated carbocycles. The Morgan fingerprint density at radius 3 is 2.44 bits per heavy atom. The highest BCUT2D eigenvalue weighted by Crippen LogP contribution is 2.36. The first-order valence-electron chi connectivity index (χ1n) is 7.15. The van der Waals surface area contributed by atoms with Crippen LogP contribution >= 0.6 is 0 Å². The lowest BCUT2D eigenvalue weighted by Crippen LogP contribution is -2.46. The van der Waals surface area contributed by atoms with Gasteiger partial charge in [-0.05, 0) is 71.4 Å². The Balaban J connectivity index is 1.85. The van der Waals surface area contributed by atoms with Crippen LogP contribution in [-0.4, -0.2) is 36.6 Å². The second kappa shape index (κ2) is 5.50. The number of rotatable bonds is 5. The number of hydrogen-bond acceptors (Lipinski definition) is 2. The zero-order valence-electron chi connectivity index (χ0n) is 11.2. The summed E-state index contributed by atoms with van der Waals surface area (Å²) in [5.74, 6) is 1.89. The summed E-state index contributed by atoms with van der Waals surface area (Å²) in [6.45, 7) is 10.9. The maximum absolute atomic E-state index is 3.54. The van der Waals surface area contributed by atoms with Crippen LogP contribution in [0.2, 0.25) is 0 Å². The Bertz CT molecular complexity index is 205. The van der Waals surface area contributed by atoms with Crippen molar-refractivity contribution in [1.82, 2.24) is 10.2 Å². The van der Waals surface area contributed by atoms with E-state index < -0.39 is 0 Å². The highest BCUT2D eigenvalue weighted by molar-refractivity contribution is 4.88. The molecule has 1 heterocycles. The van der Waals surface area contributed by atoms with Crippen molar-refractivity contribution < 1.29 is 0 Å². The van der Waals surface area contributed by atoms with Gasteiger partial charge in [-0.2, -0.15) is 0 Å². The molecule has 2 rings (SSSR count). The molecule has 1 aliphatic carbocycles. The molecule has 0 aromatic rings. The largest absolute Gasteiger partial charge is 0.316 e. The Hall–Kier alpha value is -0.0800. The van der Waals surface area contributed by atoms with Gasteiger partial charge in [-0.1, -0.05) is 0 Å². The van der Waals surface area contributed by atoms with E-state index in [2.05, 4.69) is 31.0 Å². The quantitative estimate of drug-likeness (QED) is 0.772. The fraction of sp³-hybridized carbons (Fsp3) is 1.00. The standard InChI is InChI=1S/C14H28N2/c1-11(2)16(12(3)14-6-7-14)10-13-5-4-8-15-9-13/h11-15H,4-10H2,1-3H3. The summed E-state index contributed by atoms with van der Waals surface area (Å²) in [5.41, 5.74) is 0. The molecule has 0 amide bonds. The van der Waals surface area contributed by atoms with E-state index in [4.69, 9.17) is 0 Å². The highest BCUT2D eigenvalue weighted by atomic mass is 15.2. The van der Waals surface area contributed by atoms with Crippen LogP contribution in [0.3, 0.4) is 0 Å². The van der Waals surface area contributed by atoms with Gasteiger partial charge in [0, 0.05) is 18.6 Å². The minimum atomic E-state index is 0.706. The van der Waals surface area contributed by atoms with Crippen molar-refractivity contribution in [3.05, 3.63) is 0 Å². The molecule has 2 aliphatic rings.